The number of ether oxygens (including phenoxy) is 2. The number of benzene rings is 3. The van der Waals surface area contributed by atoms with Gasteiger partial charge in [-0.25, -0.2) is 0 Å². The molecule has 0 saturated carbocycles. The highest BCUT2D eigenvalue weighted by Gasteiger charge is 2.40. The number of phenolic OH excluding ortho intramolecular Hbond substituents is 1. The second kappa shape index (κ2) is 8.64. The van der Waals surface area contributed by atoms with Crippen molar-refractivity contribution in [3.63, 3.8) is 0 Å². The van der Waals surface area contributed by atoms with Crippen molar-refractivity contribution < 1.29 is 24.2 Å². The summed E-state index contributed by atoms with van der Waals surface area (Å²) < 4.78 is 10.8. The number of esters is 1. The van der Waals surface area contributed by atoms with Gasteiger partial charge in [-0.1, -0.05) is 48.5 Å². The molecule has 2 unspecified atom stereocenters. The number of fused-ring (bicyclic) bond motifs is 1. The van der Waals surface area contributed by atoms with Gasteiger partial charge in [-0.3, -0.25) is 9.59 Å². The van der Waals surface area contributed by atoms with Gasteiger partial charge in [-0.2, -0.15) is 0 Å². The summed E-state index contributed by atoms with van der Waals surface area (Å²) >= 11 is 0. The fourth-order valence-electron chi connectivity index (χ4n) is 4.40. The molecule has 0 radical (unpaired) electrons. The van der Waals surface area contributed by atoms with Gasteiger partial charge in [-0.15, -0.1) is 0 Å². The molecule has 3 aromatic rings. The first-order chi connectivity index (χ1) is 15.0. The number of ketones is 1. The minimum atomic E-state index is -0.939. The van der Waals surface area contributed by atoms with Crippen LogP contribution in [0.3, 0.4) is 0 Å². The maximum Gasteiger partial charge on any atom is 0.317 e. The monoisotopic (exact) mass is 416 g/mol. The Morgan fingerprint density at radius 2 is 1.74 bits per heavy atom. The van der Waals surface area contributed by atoms with E-state index in [0.717, 1.165) is 22.1 Å². The maximum absolute atomic E-state index is 13.2. The molecule has 3 aromatic carbocycles. The summed E-state index contributed by atoms with van der Waals surface area (Å²) in [5, 5.41) is 12.2. The zero-order valence-corrected chi connectivity index (χ0v) is 17.5. The summed E-state index contributed by atoms with van der Waals surface area (Å²) in [7, 11) is 1.62. The topological polar surface area (TPSA) is 72.8 Å². The third kappa shape index (κ3) is 3.79. The Hall–Kier alpha value is -3.60. The van der Waals surface area contributed by atoms with Crippen molar-refractivity contribution in [2.75, 3.05) is 13.7 Å². The van der Waals surface area contributed by atoms with Crippen molar-refractivity contribution in [1.29, 1.82) is 0 Å². The van der Waals surface area contributed by atoms with E-state index in [2.05, 4.69) is 0 Å². The lowest BCUT2D eigenvalue weighted by Crippen LogP contribution is -2.34. The summed E-state index contributed by atoms with van der Waals surface area (Å²) in [5.74, 6) is -1.37. The fourth-order valence-corrected chi connectivity index (χ4v) is 4.40. The zero-order valence-electron chi connectivity index (χ0n) is 17.5. The number of phenols is 1. The second-order valence-corrected chi connectivity index (χ2v) is 7.53. The molecule has 0 aromatic heterocycles. The lowest BCUT2D eigenvalue weighted by Gasteiger charge is -2.30. The molecular formula is C26H24O5. The molecule has 2 atom stereocenters. The number of aromatic hydroxyl groups is 1. The number of allylic oxidation sites excluding steroid dienone is 2. The average molecular weight is 416 g/mol. The highest BCUT2D eigenvalue weighted by molar-refractivity contribution is 6.11. The van der Waals surface area contributed by atoms with Gasteiger partial charge < -0.3 is 14.6 Å². The van der Waals surface area contributed by atoms with Crippen LogP contribution < -0.4 is 4.74 Å². The quantitative estimate of drug-likeness (QED) is 0.474. The number of rotatable bonds is 5. The molecule has 5 heteroatoms. The average Bonchev–Trinajstić information content (AvgIpc) is 2.78. The van der Waals surface area contributed by atoms with Gasteiger partial charge in [0.2, 0.25) is 0 Å². The van der Waals surface area contributed by atoms with Gasteiger partial charge in [0.25, 0.3) is 0 Å². The molecule has 1 N–H and O–H groups in total. The van der Waals surface area contributed by atoms with Crippen LogP contribution in [0, 0.1) is 5.92 Å². The minimum absolute atomic E-state index is 0.106. The van der Waals surface area contributed by atoms with Crippen LogP contribution >= 0.6 is 0 Å². The Morgan fingerprint density at radius 1 is 1.03 bits per heavy atom. The Kier molecular flexibility index (Phi) is 5.76. The van der Waals surface area contributed by atoms with E-state index in [1.54, 1.807) is 32.2 Å². The Bertz CT molecular complexity index is 1180. The Morgan fingerprint density at radius 3 is 2.45 bits per heavy atom. The molecule has 0 aliphatic heterocycles. The number of carbonyl (C=O) groups is 2. The number of hydrogen-bond acceptors (Lipinski definition) is 5. The fraction of sp³-hybridized carbons (Fsp3) is 0.231. The molecular weight excluding hydrogens is 392 g/mol. The Balaban J connectivity index is 1.88. The molecule has 0 bridgehead atoms. The van der Waals surface area contributed by atoms with Crippen molar-refractivity contribution in [3.8, 4) is 11.5 Å². The van der Waals surface area contributed by atoms with E-state index in [4.69, 9.17) is 9.47 Å². The van der Waals surface area contributed by atoms with Gasteiger partial charge in [0.15, 0.2) is 5.78 Å². The van der Waals surface area contributed by atoms with Gasteiger partial charge in [-0.05, 0) is 48.1 Å². The lowest BCUT2D eigenvalue weighted by molar-refractivity contribution is -0.151. The standard InChI is InChI=1S/C26H24O5/c1-3-31-26(29)25-21(14-16(15-23(25)28)17-8-6-7-11-22(17)27)19-12-13-24(30-2)20-10-5-4-9-18(19)20/h4-13,15,21,25,27H,3,14H2,1-2H3. The van der Waals surface area contributed by atoms with Gasteiger partial charge in [0, 0.05) is 16.9 Å². The van der Waals surface area contributed by atoms with Crippen LogP contribution in [0.1, 0.15) is 30.4 Å². The first-order valence-corrected chi connectivity index (χ1v) is 10.3. The van der Waals surface area contributed by atoms with Crippen LogP contribution in [0.25, 0.3) is 16.3 Å². The van der Waals surface area contributed by atoms with Crippen molar-refractivity contribution >= 4 is 28.1 Å². The van der Waals surface area contributed by atoms with E-state index in [1.165, 1.54) is 6.08 Å². The summed E-state index contributed by atoms with van der Waals surface area (Å²) in [5.41, 5.74) is 2.18. The summed E-state index contributed by atoms with van der Waals surface area (Å²) in [6.45, 7) is 1.93. The van der Waals surface area contributed by atoms with E-state index in [9.17, 15) is 14.7 Å². The van der Waals surface area contributed by atoms with Gasteiger partial charge >= 0.3 is 5.97 Å². The second-order valence-electron chi connectivity index (χ2n) is 7.53. The third-order valence-corrected chi connectivity index (χ3v) is 5.79. The van der Waals surface area contributed by atoms with E-state index in [1.807, 2.05) is 42.5 Å². The first kappa shape index (κ1) is 20.7. The minimum Gasteiger partial charge on any atom is -0.507 e. The maximum atomic E-state index is 13.2. The largest absolute Gasteiger partial charge is 0.507 e. The third-order valence-electron chi connectivity index (χ3n) is 5.79. The van der Waals surface area contributed by atoms with Crippen LogP contribution in [-0.2, 0) is 14.3 Å². The van der Waals surface area contributed by atoms with E-state index in [-0.39, 0.29) is 18.1 Å². The van der Waals surface area contributed by atoms with Crippen molar-refractivity contribution in [2.24, 2.45) is 5.92 Å². The van der Waals surface area contributed by atoms with Crippen molar-refractivity contribution in [2.45, 2.75) is 19.3 Å². The molecule has 31 heavy (non-hydrogen) atoms. The van der Waals surface area contributed by atoms with E-state index < -0.39 is 17.8 Å². The van der Waals surface area contributed by atoms with Crippen LogP contribution in [0.2, 0.25) is 0 Å². The smallest absolute Gasteiger partial charge is 0.317 e. The van der Waals surface area contributed by atoms with E-state index in [0.29, 0.717) is 17.6 Å². The molecule has 158 valence electrons. The predicted molar refractivity (Wildman–Crippen MR) is 119 cm³/mol. The summed E-state index contributed by atoms with van der Waals surface area (Å²) in [4.78, 5) is 26.0. The lowest BCUT2D eigenvalue weighted by atomic mass is 9.72. The zero-order chi connectivity index (χ0) is 22.0. The molecule has 5 nitrogen and oxygen atoms in total. The predicted octanol–water partition coefficient (Wildman–Crippen LogP) is 4.87. The number of para-hydroxylation sites is 1. The summed E-state index contributed by atoms with van der Waals surface area (Å²) in [6.07, 6.45) is 1.89. The first-order valence-electron chi connectivity index (χ1n) is 10.3. The highest BCUT2D eigenvalue weighted by atomic mass is 16.5. The van der Waals surface area contributed by atoms with Crippen LogP contribution in [0.4, 0.5) is 0 Å². The van der Waals surface area contributed by atoms with Crippen LogP contribution in [0.15, 0.2) is 66.7 Å². The number of methoxy groups -OCH3 is 1. The number of hydrogen-bond donors (Lipinski definition) is 1. The van der Waals surface area contributed by atoms with E-state index >= 15 is 0 Å². The molecule has 0 amide bonds. The van der Waals surface area contributed by atoms with Crippen LogP contribution in [0.5, 0.6) is 11.5 Å². The van der Waals surface area contributed by atoms with Gasteiger partial charge in [0.05, 0.1) is 13.7 Å². The number of carbonyl (C=O) groups excluding carboxylic acids is 2. The molecule has 4 rings (SSSR count). The Labute approximate surface area is 180 Å². The summed E-state index contributed by atoms with van der Waals surface area (Å²) in [6, 6.07) is 18.5. The molecule has 0 spiro atoms. The molecule has 1 aliphatic rings. The molecule has 0 saturated heterocycles. The molecule has 1 aliphatic carbocycles. The molecule has 0 heterocycles. The van der Waals surface area contributed by atoms with Crippen molar-refractivity contribution in [3.05, 3.63) is 77.9 Å². The highest BCUT2D eigenvalue weighted by Crippen LogP contribution is 2.45. The molecule has 0 fully saturated rings. The SMILES string of the molecule is CCOC(=O)C1C(=O)C=C(c2ccccc2O)CC1c1ccc(OC)c2ccccc12. The van der Waals surface area contributed by atoms with Gasteiger partial charge in [0.1, 0.15) is 17.4 Å². The van der Waals surface area contributed by atoms with Crippen molar-refractivity contribution in [1.82, 2.24) is 0 Å². The van der Waals surface area contributed by atoms with Crippen LogP contribution in [-0.4, -0.2) is 30.6 Å². The normalized spacial score (nSPS) is 18.5.